The molecule has 0 spiro atoms. The van der Waals surface area contributed by atoms with Crippen molar-refractivity contribution in [2.24, 2.45) is 5.92 Å². The molecule has 116 valence electrons. The van der Waals surface area contributed by atoms with E-state index in [1.165, 1.54) is 24.3 Å². The monoisotopic (exact) mass is 297 g/mol. The third kappa shape index (κ3) is 6.74. The maximum absolute atomic E-state index is 12.8. The van der Waals surface area contributed by atoms with Gasteiger partial charge in [0, 0.05) is 6.54 Å². The van der Waals surface area contributed by atoms with Crippen LogP contribution < -0.4 is 5.32 Å². The Morgan fingerprint density at radius 3 is 2.33 bits per heavy atom. The van der Waals surface area contributed by atoms with Crippen LogP contribution in [0, 0.1) is 11.7 Å². The van der Waals surface area contributed by atoms with Crippen LogP contribution in [0.1, 0.15) is 26.3 Å². The number of halogens is 1. The zero-order chi connectivity index (χ0) is 16.0. The topological polar surface area (TPSA) is 75.6 Å². The Bertz CT molecular complexity index is 493. The number of alkyl carbamates (subject to hydrolysis) is 1. The van der Waals surface area contributed by atoms with Crippen LogP contribution in [-0.4, -0.2) is 29.3 Å². The highest BCUT2D eigenvalue weighted by Crippen LogP contribution is 2.11. The summed E-state index contributed by atoms with van der Waals surface area (Å²) in [5.41, 5.74) is 0.0505. The van der Waals surface area contributed by atoms with Crippen LogP contribution in [0.5, 0.6) is 0 Å². The molecule has 0 bridgehead atoms. The number of hydrogen-bond acceptors (Lipinski definition) is 3. The van der Waals surface area contributed by atoms with E-state index >= 15 is 0 Å². The maximum Gasteiger partial charge on any atom is 0.407 e. The molecule has 0 aromatic heterocycles. The second kappa shape index (κ2) is 7.06. The van der Waals surface area contributed by atoms with Gasteiger partial charge in [-0.2, -0.15) is 0 Å². The summed E-state index contributed by atoms with van der Waals surface area (Å²) in [6.45, 7) is 5.11. The fourth-order valence-corrected chi connectivity index (χ4v) is 1.67. The van der Waals surface area contributed by atoms with E-state index in [0.29, 0.717) is 5.56 Å². The Balaban J connectivity index is 2.56. The van der Waals surface area contributed by atoms with Gasteiger partial charge < -0.3 is 15.2 Å². The summed E-state index contributed by atoms with van der Waals surface area (Å²) in [7, 11) is 0. The molecule has 0 aliphatic rings. The number of ether oxygens (including phenoxy) is 1. The van der Waals surface area contributed by atoms with Gasteiger partial charge in [0.15, 0.2) is 0 Å². The van der Waals surface area contributed by atoms with Crippen LogP contribution in [0.4, 0.5) is 9.18 Å². The van der Waals surface area contributed by atoms with Gasteiger partial charge in [-0.3, -0.25) is 4.79 Å². The lowest BCUT2D eigenvalue weighted by atomic mass is 9.99. The molecule has 0 unspecified atom stereocenters. The first kappa shape index (κ1) is 16.9. The summed E-state index contributed by atoms with van der Waals surface area (Å²) >= 11 is 0. The second-order valence-corrected chi connectivity index (χ2v) is 5.75. The molecule has 0 radical (unpaired) electrons. The van der Waals surface area contributed by atoms with Crippen molar-refractivity contribution < 1.29 is 23.8 Å². The fourth-order valence-electron chi connectivity index (χ4n) is 1.67. The van der Waals surface area contributed by atoms with E-state index in [1.807, 2.05) is 0 Å². The quantitative estimate of drug-likeness (QED) is 0.876. The molecule has 21 heavy (non-hydrogen) atoms. The molecular formula is C15H20FNO4. The van der Waals surface area contributed by atoms with Gasteiger partial charge in [0.2, 0.25) is 0 Å². The molecular weight excluding hydrogens is 277 g/mol. The summed E-state index contributed by atoms with van der Waals surface area (Å²) < 4.78 is 17.8. The van der Waals surface area contributed by atoms with Crippen molar-refractivity contribution in [3.05, 3.63) is 35.6 Å². The second-order valence-electron chi connectivity index (χ2n) is 5.75. The fraction of sp³-hybridized carbons (Fsp3) is 0.467. The van der Waals surface area contributed by atoms with Gasteiger partial charge in [0.1, 0.15) is 11.4 Å². The van der Waals surface area contributed by atoms with Crippen molar-refractivity contribution in [2.45, 2.75) is 32.8 Å². The minimum Gasteiger partial charge on any atom is -0.481 e. The highest BCUT2D eigenvalue weighted by Gasteiger charge is 2.21. The first-order valence-electron chi connectivity index (χ1n) is 6.61. The Kier molecular flexibility index (Phi) is 5.69. The lowest BCUT2D eigenvalue weighted by Crippen LogP contribution is -2.37. The Morgan fingerprint density at radius 2 is 1.86 bits per heavy atom. The number of rotatable bonds is 5. The minimum atomic E-state index is -1.03. The standard InChI is InChI=1S/C15H20FNO4/c1-15(2,3)21-14(20)17-9-11(13(18)19)8-10-4-6-12(16)7-5-10/h4-7,11H,8-9H2,1-3H3,(H,17,20)(H,18,19)/t11-/m1/s1. The summed E-state index contributed by atoms with van der Waals surface area (Å²) in [6, 6.07) is 5.60. The average Bonchev–Trinajstić information content (AvgIpc) is 2.34. The molecule has 5 nitrogen and oxygen atoms in total. The molecule has 1 atom stereocenters. The van der Waals surface area contributed by atoms with E-state index in [4.69, 9.17) is 9.84 Å². The van der Waals surface area contributed by atoms with Gasteiger partial charge in [0.25, 0.3) is 0 Å². The minimum absolute atomic E-state index is 0.0539. The summed E-state index contributed by atoms with van der Waals surface area (Å²) in [6.07, 6.45) is -0.460. The SMILES string of the molecule is CC(C)(C)OC(=O)NC[C@@H](Cc1ccc(F)cc1)C(=O)O. The lowest BCUT2D eigenvalue weighted by Gasteiger charge is -2.20. The van der Waals surface area contributed by atoms with Crippen molar-refractivity contribution >= 4 is 12.1 Å². The number of benzene rings is 1. The molecule has 0 aliphatic heterocycles. The van der Waals surface area contributed by atoms with Gasteiger partial charge in [0.05, 0.1) is 5.92 Å². The predicted octanol–water partition coefficient (Wildman–Crippen LogP) is 2.59. The van der Waals surface area contributed by atoms with E-state index in [9.17, 15) is 14.0 Å². The molecule has 1 aromatic carbocycles. The first-order valence-corrected chi connectivity index (χ1v) is 6.61. The molecule has 1 amide bonds. The Labute approximate surface area is 123 Å². The Hall–Kier alpha value is -2.11. The van der Waals surface area contributed by atoms with Crippen molar-refractivity contribution in [1.29, 1.82) is 0 Å². The molecule has 0 heterocycles. The zero-order valence-electron chi connectivity index (χ0n) is 12.4. The number of carbonyl (C=O) groups is 2. The number of nitrogens with one attached hydrogen (secondary N) is 1. The van der Waals surface area contributed by atoms with Crippen molar-refractivity contribution in [2.75, 3.05) is 6.54 Å². The number of aliphatic carboxylic acids is 1. The third-order valence-electron chi connectivity index (χ3n) is 2.64. The summed E-state index contributed by atoms with van der Waals surface area (Å²) in [4.78, 5) is 22.7. The van der Waals surface area contributed by atoms with E-state index in [1.54, 1.807) is 20.8 Å². The molecule has 0 fully saturated rings. The van der Waals surface area contributed by atoms with Crippen LogP contribution in [0.15, 0.2) is 24.3 Å². The Morgan fingerprint density at radius 1 is 1.29 bits per heavy atom. The normalized spacial score (nSPS) is 12.6. The van der Waals surface area contributed by atoms with Crippen LogP contribution in [0.3, 0.4) is 0 Å². The highest BCUT2D eigenvalue weighted by molar-refractivity contribution is 5.73. The van der Waals surface area contributed by atoms with Gasteiger partial charge in [-0.15, -0.1) is 0 Å². The number of carbonyl (C=O) groups excluding carboxylic acids is 1. The van der Waals surface area contributed by atoms with Gasteiger partial charge >= 0.3 is 12.1 Å². The van der Waals surface area contributed by atoms with E-state index in [0.717, 1.165) is 0 Å². The van der Waals surface area contributed by atoms with Crippen LogP contribution in [-0.2, 0) is 16.0 Å². The zero-order valence-corrected chi connectivity index (χ0v) is 12.4. The van der Waals surface area contributed by atoms with E-state index in [-0.39, 0.29) is 18.8 Å². The highest BCUT2D eigenvalue weighted by atomic mass is 19.1. The van der Waals surface area contributed by atoms with Crippen molar-refractivity contribution in [3.63, 3.8) is 0 Å². The molecule has 1 aromatic rings. The summed E-state index contributed by atoms with van der Waals surface area (Å²) in [5.74, 6) is -2.21. The van der Waals surface area contributed by atoms with E-state index < -0.39 is 23.6 Å². The smallest absolute Gasteiger partial charge is 0.407 e. The molecule has 6 heteroatoms. The molecule has 0 aliphatic carbocycles. The van der Waals surface area contributed by atoms with Crippen molar-refractivity contribution in [3.8, 4) is 0 Å². The molecule has 0 saturated carbocycles. The van der Waals surface area contributed by atoms with Crippen molar-refractivity contribution in [1.82, 2.24) is 5.32 Å². The number of carboxylic acids is 1. The largest absolute Gasteiger partial charge is 0.481 e. The van der Waals surface area contributed by atoms with Gasteiger partial charge in [-0.1, -0.05) is 12.1 Å². The first-order chi connectivity index (χ1) is 9.67. The average molecular weight is 297 g/mol. The van der Waals surface area contributed by atoms with Crippen LogP contribution >= 0.6 is 0 Å². The number of hydrogen-bond donors (Lipinski definition) is 2. The van der Waals surface area contributed by atoms with Gasteiger partial charge in [-0.25, -0.2) is 9.18 Å². The molecule has 2 N–H and O–H groups in total. The van der Waals surface area contributed by atoms with Gasteiger partial charge in [-0.05, 0) is 44.9 Å². The molecule has 0 saturated heterocycles. The number of amides is 1. The molecule has 1 rings (SSSR count). The van der Waals surface area contributed by atoms with E-state index in [2.05, 4.69) is 5.32 Å². The maximum atomic E-state index is 12.8. The predicted molar refractivity (Wildman–Crippen MR) is 75.5 cm³/mol. The lowest BCUT2D eigenvalue weighted by molar-refractivity contribution is -0.141. The number of carboxylic acid groups (broad SMARTS) is 1. The summed E-state index contributed by atoms with van der Waals surface area (Å²) in [5, 5.41) is 11.6. The third-order valence-corrected chi connectivity index (χ3v) is 2.64. The van der Waals surface area contributed by atoms with Crippen LogP contribution in [0.25, 0.3) is 0 Å². The van der Waals surface area contributed by atoms with Crippen LogP contribution in [0.2, 0.25) is 0 Å².